The number of alkyl halides is 3. The summed E-state index contributed by atoms with van der Waals surface area (Å²) in [4.78, 5) is 28.1. The monoisotopic (exact) mass is 385 g/mol. The number of rotatable bonds is 4. The van der Waals surface area contributed by atoms with Crippen molar-refractivity contribution in [2.24, 2.45) is 0 Å². The number of carbonyl (C=O) groups excluding carboxylic acids is 2. The van der Waals surface area contributed by atoms with Gasteiger partial charge in [-0.25, -0.2) is 0 Å². The van der Waals surface area contributed by atoms with Crippen molar-refractivity contribution in [1.82, 2.24) is 9.80 Å². The highest BCUT2D eigenvalue weighted by atomic mass is 19.4. The van der Waals surface area contributed by atoms with Gasteiger partial charge in [0.2, 0.25) is 5.91 Å². The number of nitrogens with zero attached hydrogens (tertiary/aromatic N) is 2. The average molecular weight is 385 g/mol. The summed E-state index contributed by atoms with van der Waals surface area (Å²) < 4.78 is 43.1. The highest BCUT2D eigenvalue weighted by Crippen LogP contribution is 2.29. The molecule has 0 aromatic heterocycles. The molecule has 1 atom stereocenters. The van der Waals surface area contributed by atoms with Gasteiger partial charge in [0.15, 0.2) is 0 Å². The van der Waals surface area contributed by atoms with E-state index in [1.54, 1.807) is 4.90 Å². The number of ether oxygens (including phenoxy) is 1. The summed E-state index contributed by atoms with van der Waals surface area (Å²) >= 11 is 0. The smallest absolute Gasteiger partial charge is 0.368 e. The van der Waals surface area contributed by atoms with E-state index in [0.717, 1.165) is 25.0 Å². The second-order valence-corrected chi connectivity index (χ2v) is 6.73. The van der Waals surface area contributed by atoms with Crippen LogP contribution in [-0.2, 0) is 20.5 Å². The van der Waals surface area contributed by atoms with Gasteiger partial charge in [0.05, 0.1) is 12.1 Å². The predicted molar refractivity (Wildman–Crippen MR) is 92.1 cm³/mol. The standard InChI is InChI=1S/C18H22F3N3O3/c19-18(20,21)13-3-5-14(6-4-13)22-16(25)12-23-7-9-24(10-8-23)17(26)15-2-1-11-27-15/h3-6,15H,1-2,7-12H2,(H,22,25). The number of carbonyl (C=O) groups is 2. The van der Waals surface area contributed by atoms with Gasteiger partial charge in [0.25, 0.3) is 5.91 Å². The van der Waals surface area contributed by atoms with Crippen molar-refractivity contribution in [3.05, 3.63) is 29.8 Å². The van der Waals surface area contributed by atoms with Crippen molar-refractivity contribution < 1.29 is 27.5 Å². The van der Waals surface area contributed by atoms with E-state index in [-0.39, 0.29) is 24.5 Å². The van der Waals surface area contributed by atoms with Crippen LogP contribution in [0.15, 0.2) is 24.3 Å². The summed E-state index contributed by atoms with van der Waals surface area (Å²) in [5.74, 6) is -0.282. The average Bonchev–Trinajstić information content (AvgIpc) is 3.16. The van der Waals surface area contributed by atoms with E-state index in [9.17, 15) is 22.8 Å². The van der Waals surface area contributed by atoms with Crippen LogP contribution in [0.2, 0.25) is 0 Å². The van der Waals surface area contributed by atoms with Crippen LogP contribution in [0.4, 0.5) is 18.9 Å². The highest BCUT2D eigenvalue weighted by Gasteiger charge is 2.31. The Morgan fingerprint density at radius 2 is 1.78 bits per heavy atom. The third kappa shape index (κ3) is 5.20. The normalized spacial score (nSPS) is 21.3. The summed E-state index contributed by atoms with van der Waals surface area (Å²) in [6.45, 7) is 2.96. The molecule has 0 saturated carbocycles. The second-order valence-electron chi connectivity index (χ2n) is 6.73. The molecule has 6 nitrogen and oxygen atoms in total. The number of anilines is 1. The van der Waals surface area contributed by atoms with Crippen molar-refractivity contribution in [3.63, 3.8) is 0 Å². The van der Waals surface area contributed by atoms with Crippen molar-refractivity contribution in [3.8, 4) is 0 Å². The molecule has 1 aromatic rings. The molecule has 0 bridgehead atoms. The summed E-state index contributed by atoms with van der Waals surface area (Å²) in [5, 5.41) is 2.60. The molecule has 27 heavy (non-hydrogen) atoms. The number of nitrogens with one attached hydrogen (secondary N) is 1. The van der Waals surface area contributed by atoms with Crippen LogP contribution in [0.25, 0.3) is 0 Å². The van der Waals surface area contributed by atoms with Crippen LogP contribution in [0.1, 0.15) is 18.4 Å². The van der Waals surface area contributed by atoms with Crippen LogP contribution in [-0.4, -0.2) is 67.0 Å². The van der Waals surface area contributed by atoms with E-state index in [2.05, 4.69) is 5.32 Å². The van der Waals surface area contributed by atoms with Gasteiger partial charge in [0.1, 0.15) is 6.10 Å². The molecule has 2 saturated heterocycles. The fraction of sp³-hybridized carbons (Fsp3) is 0.556. The molecule has 0 spiro atoms. The van der Waals surface area contributed by atoms with Gasteiger partial charge < -0.3 is 15.0 Å². The van der Waals surface area contributed by atoms with Gasteiger partial charge in [0, 0.05) is 38.5 Å². The lowest BCUT2D eigenvalue weighted by Gasteiger charge is -2.35. The molecular formula is C18H22F3N3O3. The molecule has 2 aliphatic heterocycles. The zero-order chi connectivity index (χ0) is 19.4. The number of hydrogen-bond donors (Lipinski definition) is 1. The number of benzene rings is 1. The van der Waals surface area contributed by atoms with Crippen LogP contribution in [0, 0.1) is 0 Å². The second kappa shape index (κ2) is 8.26. The third-order valence-corrected chi connectivity index (χ3v) is 4.75. The van der Waals surface area contributed by atoms with Gasteiger partial charge in [-0.15, -0.1) is 0 Å². The minimum atomic E-state index is -4.40. The zero-order valence-electron chi connectivity index (χ0n) is 14.8. The van der Waals surface area contributed by atoms with E-state index in [4.69, 9.17) is 4.74 Å². The van der Waals surface area contributed by atoms with Crippen LogP contribution in [0.3, 0.4) is 0 Å². The molecule has 9 heteroatoms. The van der Waals surface area contributed by atoms with Crippen LogP contribution in [0.5, 0.6) is 0 Å². The maximum Gasteiger partial charge on any atom is 0.416 e. The first-order chi connectivity index (χ1) is 12.8. The molecule has 2 aliphatic rings. The van der Waals surface area contributed by atoms with Gasteiger partial charge in [-0.1, -0.05) is 0 Å². The van der Waals surface area contributed by atoms with E-state index in [1.165, 1.54) is 12.1 Å². The number of hydrogen-bond acceptors (Lipinski definition) is 4. The maximum absolute atomic E-state index is 12.5. The summed E-state index contributed by atoms with van der Waals surface area (Å²) in [6, 6.07) is 4.34. The molecular weight excluding hydrogens is 363 g/mol. The highest BCUT2D eigenvalue weighted by molar-refractivity contribution is 5.92. The SMILES string of the molecule is O=C(CN1CCN(C(=O)C2CCCO2)CC1)Nc1ccc(C(F)(F)F)cc1. The Morgan fingerprint density at radius 1 is 1.11 bits per heavy atom. The van der Waals surface area contributed by atoms with Gasteiger partial charge in [-0.05, 0) is 37.1 Å². The third-order valence-electron chi connectivity index (χ3n) is 4.75. The van der Waals surface area contributed by atoms with Crippen LogP contribution >= 0.6 is 0 Å². The van der Waals surface area contributed by atoms with Crippen molar-refractivity contribution in [2.75, 3.05) is 44.6 Å². The summed E-state index contributed by atoms with van der Waals surface area (Å²) in [5.41, 5.74) is -0.437. The molecule has 1 unspecified atom stereocenters. The van der Waals surface area contributed by atoms with Crippen molar-refractivity contribution in [2.45, 2.75) is 25.1 Å². The summed E-state index contributed by atoms with van der Waals surface area (Å²) in [7, 11) is 0. The Balaban J connectivity index is 1.43. The quantitative estimate of drug-likeness (QED) is 0.861. The molecule has 1 aromatic carbocycles. The molecule has 3 rings (SSSR count). The first kappa shape index (κ1) is 19.6. The Labute approximate surface area is 155 Å². The molecule has 0 aliphatic carbocycles. The van der Waals surface area contributed by atoms with Crippen LogP contribution < -0.4 is 5.32 Å². The van der Waals surface area contributed by atoms with E-state index >= 15 is 0 Å². The van der Waals surface area contributed by atoms with E-state index < -0.39 is 11.7 Å². The molecule has 1 N–H and O–H groups in total. The fourth-order valence-electron chi connectivity index (χ4n) is 3.25. The lowest BCUT2D eigenvalue weighted by Crippen LogP contribution is -2.52. The molecule has 148 valence electrons. The molecule has 2 amide bonds. The first-order valence-electron chi connectivity index (χ1n) is 8.93. The Morgan fingerprint density at radius 3 is 2.33 bits per heavy atom. The van der Waals surface area contributed by atoms with Gasteiger partial charge >= 0.3 is 6.18 Å². The minimum absolute atomic E-state index is 0.0151. The van der Waals surface area contributed by atoms with Crippen molar-refractivity contribution >= 4 is 17.5 Å². The Hall–Kier alpha value is -2.13. The number of amides is 2. The number of halogens is 3. The molecule has 2 heterocycles. The van der Waals surface area contributed by atoms with E-state index in [1.807, 2.05) is 4.90 Å². The summed E-state index contributed by atoms with van der Waals surface area (Å²) in [6.07, 6.45) is -3.07. The largest absolute Gasteiger partial charge is 0.416 e. The maximum atomic E-state index is 12.5. The van der Waals surface area contributed by atoms with Gasteiger partial charge in [-0.2, -0.15) is 13.2 Å². The topological polar surface area (TPSA) is 61.9 Å². The Bertz CT molecular complexity index is 665. The zero-order valence-corrected chi connectivity index (χ0v) is 14.8. The van der Waals surface area contributed by atoms with Crippen molar-refractivity contribution in [1.29, 1.82) is 0 Å². The lowest BCUT2D eigenvalue weighted by atomic mass is 10.2. The number of piperazine rings is 1. The first-order valence-corrected chi connectivity index (χ1v) is 8.93. The van der Waals surface area contributed by atoms with Gasteiger partial charge in [-0.3, -0.25) is 14.5 Å². The Kier molecular flexibility index (Phi) is 6.01. The fourth-order valence-corrected chi connectivity index (χ4v) is 3.25. The molecule has 0 radical (unpaired) electrons. The minimum Gasteiger partial charge on any atom is -0.368 e. The van der Waals surface area contributed by atoms with E-state index in [0.29, 0.717) is 38.5 Å². The predicted octanol–water partition coefficient (Wildman–Crippen LogP) is 1.97. The molecule has 2 fully saturated rings. The lowest BCUT2D eigenvalue weighted by molar-refractivity contribution is -0.142.